The van der Waals surface area contributed by atoms with Gasteiger partial charge in [-0.3, -0.25) is 15.0 Å². The van der Waals surface area contributed by atoms with Crippen molar-refractivity contribution in [3.63, 3.8) is 0 Å². The molecule has 2 aliphatic heterocycles. The Morgan fingerprint density at radius 1 is 1.18 bits per heavy atom. The van der Waals surface area contributed by atoms with Gasteiger partial charge in [0.05, 0.1) is 19.9 Å². The van der Waals surface area contributed by atoms with E-state index in [-0.39, 0.29) is 5.95 Å². The third kappa shape index (κ3) is 6.79. The Bertz CT molecular complexity index is 1280. The average molecular weight is 553 g/mol. The van der Waals surface area contributed by atoms with Gasteiger partial charge >= 0.3 is 6.09 Å². The van der Waals surface area contributed by atoms with E-state index in [1.807, 2.05) is 6.20 Å². The maximum Gasteiger partial charge on any atom is 0.411 e. The molecular formula is C28H40N8O4. The van der Waals surface area contributed by atoms with Gasteiger partial charge in [0.25, 0.3) is 0 Å². The van der Waals surface area contributed by atoms with Crippen LogP contribution < -0.4 is 15.4 Å². The highest BCUT2D eigenvalue weighted by Crippen LogP contribution is 2.32. The fourth-order valence-electron chi connectivity index (χ4n) is 5.67. The van der Waals surface area contributed by atoms with Gasteiger partial charge in [-0.15, -0.1) is 0 Å². The summed E-state index contributed by atoms with van der Waals surface area (Å²) in [7, 11) is 1.67. The Balaban J connectivity index is 1.30. The molecule has 3 aromatic rings. The summed E-state index contributed by atoms with van der Waals surface area (Å²) < 4.78 is 13.1. The quantitative estimate of drug-likeness (QED) is 0.297. The van der Waals surface area contributed by atoms with Crippen LogP contribution in [0.15, 0.2) is 18.5 Å². The van der Waals surface area contributed by atoms with Crippen LogP contribution in [0.1, 0.15) is 62.6 Å². The van der Waals surface area contributed by atoms with Crippen LogP contribution >= 0.6 is 0 Å². The minimum atomic E-state index is -1.22. The number of unbranched alkanes of at least 4 members (excludes halogenated alkanes) is 1. The number of pyridine rings is 1. The number of hydrogen-bond acceptors (Lipinski definition) is 9. The van der Waals surface area contributed by atoms with Crippen molar-refractivity contribution >= 4 is 28.9 Å². The van der Waals surface area contributed by atoms with Gasteiger partial charge in [0.15, 0.2) is 5.82 Å². The van der Waals surface area contributed by atoms with E-state index in [9.17, 15) is 4.79 Å². The zero-order chi connectivity index (χ0) is 27.9. The molecule has 1 amide bonds. The van der Waals surface area contributed by atoms with Gasteiger partial charge in [-0.05, 0) is 68.7 Å². The number of piperidine rings is 1. The van der Waals surface area contributed by atoms with E-state index >= 15 is 0 Å². The molecule has 0 aromatic carbocycles. The lowest BCUT2D eigenvalue weighted by Gasteiger charge is -2.35. The number of carboxylic acid groups (broad SMARTS) is 1. The number of amides is 1. The van der Waals surface area contributed by atoms with Crippen molar-refractivity contribution in [2.45, 2.75) is 57.9 Å². The van der Waals surface area contributed by atoms with E-state index in [1.54, 1.807) is 18.0 Å². The SMILES string of the molecule is CCCCNc1nc(NC(=O)O)nc2cnn(Cc3ncc(C4CCN(CC5CCOCC5)CC4)cc3OC)c12. The standard InChI is InChI=1S/C28H40N8O4/c1-3-4-9-29-26-25-22(32-27(33-26)34-28(37)38)16-31-36(25)18-23-24(39-2)14-21(15-30-23)20-5-10-35(11-6-20)17-19-7-12-40-13-8-19/h14-16,19-20H,3-13,17-18H2,1-2H3,(H,37,38)(H2,29,32,33,34). The second kappa shape index (κ2) is 13.2. The fraction of sp³-hybridized carbons (Fsp3) is 0.607. The molecule has 40 heavy (non-hydrogen) atoms. The summed E-state index contributed by atoms with van der Waals surface area (Å²) in [5.74, 6) is 2.50. The minimum absolute atomic E-state index is 0.0115. The summed E-state index contributed by atoms with van der Waals surface area (Å²) >= 11 is 0. The van der Waals surface area contributed by atoms with Crippen molar-refractivity contribution in [1.29, 1.82) is 0 Å². The summed E-state index contributed by atoms with van der Waals surface area (Å²) in [6.07, 6.45) is 8.94. The molecule has 216 valence electrons. The normalized spacial score (nSPS) is 17.2. The molecule has 0 saturated carbocycles. The number of hydrogen-bond donors (Lipinski definition) is 3. The smallest absolute Gasteiger partial charge is 0.411 e. The van der Waals surface area contributed by atoms with Gasteiger partial charge in [0.1, 0.15) is 22.5 Å². The largest absolute Gasteiger partial charge is 0.495 e. The molecule has 2 aliphatic rings. The van der Waals surface area contributed by atoms with Crippen LogP contribution in [0.2, 0.25) is 0 Å². The van der Waals surface area contributed by atoms with E-state index in [4.69, 9.17) is 19.6 Å². The van der Waals surface area contributed by atoms with E-state index in [0.29, 0.717) is 35.9 Å². The number of fused-ring (bicyclic) bond motifs is 1. The van der Waals surface area contributed by atoms with Gasteiger partial charge in [0, 0.05) is 32.5 Å². The number of methoxy groups -OCH3 is 1. The Morgan fingerprint density at radius 3 is 2.70 bits per heavy atom. The third-order valence-corrected chi connectivity index (χ3v) is 7.92. The molecule has 0 radical (unpaired) electrons. The molecule has 5 heterocycles. The highest BCUT2D eigenvalue weighted by molar-refractivity contribution is 5.89. The highest BCUT2D eigenvalue weighted by Gasteiger charge is 2.25. The van der Waals surface area contributed by atoms with Crippen molar-refractivity contribution < 1.29 is 19.4 Å². The molecular weight excluding hydrogens is 512 g/mol. The molecule has 12 heteroatoms. The predicted octanol–water partition coefficient (Wildman–Crippen LogP) is 4.19. The van der Waals surface area contributed by atoms with Gasteiger partial charge < -0.3 is 24.8 Å². The van der Waals surface area contributed by atoms with Gasteiger partial charge in [-0.1, -0.05) is 13.3 Å². The lowest BCUT2D eigenvalue weighted by Crippen LogP contribution is -2.38. The monoisotopic (exact) mass is 552 g/mol. The maximum absolute atomic E-state index is 11.2. The third-order valence-electron chi connectivity index (χ3n) is 7.92. The van der Waals surface area contributed by atoms with Crippen LogP contribution in [-0.2, 0) is 11.3 Å². The molecule has 2 fully saturated rings. The number of rotatable bonds is 11. The predicted molar refractivity (Wildman–Crippen MR) is 152 cm³/mol. The molecule has 2 saturated heterocycles. The summed E-state index contributed by atoms with van der Waals surface area (Å²) in [6, 6.07) is 2.12. The maximum atomic E-state index is 11.2. The Kier molecular flexibility index (Phi) is 9.27. The molecule has 0 unspecified atom stereocenters. The van der Waals surface area contributed by atoms with E-state index in [2.05, 4.69) is 43.6 Å². The van der Waals surface area contributed by atoms with Gasteiger partial charge in [-0.25, -0.2) is 9.78 Å². The number of carbonyl (C=O) groups is 1. The summed E-state index contributed by atoms with van der Waals surface area (Å²) in [4.78, 5) is 27.3. The van der Waals surface area contributed by atoms with E-state index < -0.39 is 6.09 Å². The van der Waals surface area contributed by atoms with Crippen LogP contribution in [0.5, 0.6) is 5.75 Å². The lowest BCUT2D eigenvalue weighted by molar-refractivity contribution is 0.0488. The van der Waals surface area contributed by atoms with Crippen molar-refractivity contribution in [3.05, 3.63) is 29.7 Å². The van der Waals surface area contributed by atoms with Crippen molar-refractivity contribution in [3.8, 4) is 5.75 Å². The van der Waals surface area contributed by atoms with E-state index in [1.165, 1.54) is 24.9 Å². The molecule has 0 atom stereocenters. The Morgan fingerprint density at radius 2 is 1.98 bits per heavy atom. The summed E-state index contributed by atoms with van der Waals surface area (Å²) in [6.45, 7) is 8.38. The van der Waals surface area contributed by atoms with E-state index in [0.717, 1.165) is 69.3 Å². The van der Waals surface area contributed by atoms with Crippen LogP contribution in [0.3, 0.4) is 0 Å². The molecule has 3 N–H and O–H groups in total. The van der Waals surface area contributed by atoms with Crippen LogP contribution in [0.4, 0.5) is 16.6 Å². The van der Waals surface area contributed by atoms with Gasteiger partial charge in [-0.2, -0.15) is 10.1 Å². The topological polar surface area (TPSA) is 140 Å². The molecule has 0 spiro atoms. The Hall–Kier alpha value is -3.51. The molecule has 5 rings (SSSR count). The zero-order valence-electron chi connectivity index (χ0n) is 23.4. The first-order chi connectivity index (χ1) is 19.5. The number of nitrogens with zero attached hydrogens (tertiary/aromatic N) is 6. The minimum Gasteiger partial charge on any atom is -0.495 e. The highest BCUT2D eigenvalue weighted by atomic mass is 16.5. The van der Waals surface area contributed by atoms with Crippen LogP contribution in [0.25, 0.3) is 11.0 Å². The molecule has 0 aliphatic carbocycles. The average Bonchev–Trinajstić information content (AvgIpc) is 3.36. The molecule has 3 aromatic heterocycles. The number of ether oxygens (including phenoxy) is 2. The first-order valence-electron chi connectivity index (χ1n) is 14.3. The van der Waals surface area contributed by atoms with Crippen LogP contribution in [0, 0.1) is 5.92 Å². The van der Waals surface area contributed by atoms with Gasteiger partial charge in [0.2, 0.25) is 5.95 Å². The molecule has 12 nitrogen and oxygen atoms in total. The number of anilines is 2. The Labute approximate surface area is 234 Å². The van der Waals surface area contributed by atoms with Crippen molar-refractivity contribution in [1.82, 2.24) is 29.6 Å². The second-order valence-electron chi connectivity index (χ2n) is 10.7. The summed E-state index contributed by atoms with van der Waals surface area (Å²) in [5, 5.41) is 19.2. The first-order valence-corrected chi connectivity index (χ1v) is 14.3. The molecule has 0 bridgehead atoms. The number of aromatic nitrogens is 5. The van der Waals surface area contributed by atoms with Crippen molar-refractivity contribution in [2.75, 3.05) is 57.1 Å². The zero-order valence-corrected chi connectivity index (χ0v) is 23.4. The number of likely N-dealkylation sites (tertiary alicyclic amines) is 1. The number of nitrogens with one attached hydrogen (secondary N) is 2. The van der Waals surface area contributed by atoms with Crippen molar-refractivity contribution in [2.24, 2.45) is 5.92 Å². The first kappa shape index (κ1) is 28.0. The second-order valence-corrected chi connectivity index (χ2v) is 10.7. The summed E-state index contributed by atoms with van der Waals surface area (Å²) in [5.41, 5.74) is 3.21. The lowest BCUT2D eigenvalue weighted by atomic mass is 9.89. The van der Waals surface area contributed by atoms with Crippen LogP contribution in [-0.4, -0.2) is 87.3 Å². The fourth-order valence-corrected chi connectivity index (χ4v) is 5.67.